The van der Waals surface area contributed by atoms with Crippen LogP contribution in [0.5, 0.6) is 0 Å². The van der Waals surface area contributed by atoms with Crippen molar-refractivity contribution in [3.63, 3.8) is 0 Å². The number of benzene rings is 1. The number of hydrogen-bond acceptors (Lipinski definition) is 3. The maximum absolute atomic E-state index is 11.8. The molecule has 0 atom stereocenters. The van der Waals surface area contributed by atoms with Gasteiger partial charge in [-0.1, -0.05) is 25.1 Å². The van der Waals surface area contributed by atoms with Crippen LogP contribution in [0, 0.1) is 0 Å². The van der Waals surface area contributed by atoms with Gasteiger partial charge >= 0.3 is 0 Å². The van der Waals surface area contributed by atoms with Crippen molar-refractivity contribution < 1.29 is 14.0 Å². The first kappa shape index (κ1) is 11.6. The SMILES string of the molecule is CCCC(=O)CC(=O)c1cc2ccccc2o1. The molecule has 0 N–H and O–H groups in total. The zero-order valence-electron chi connectivity index (χ0n) is 9.73. The number of furan rings is 1. The van der Waals surface area contributed by atoms with Gasteiger partial charge in [0.2, 0.25) is 5.78 Å². The Hall–Kier alpha value is -1.90. The molecule has 0 bridgehead atoms. The minimum absolute atomic E-state index is 0.0297. The second kappa shape index (κ2) is 4.95. The van der Waals surface area contributed by atoms with E-state index in [9.17, 15) is 9.59 Å². The van der Waals surface area contributed by atoms with Crippen molar-refractivity contribution in [2.24, 2.45) is 0 Å². The zero-order chi connectivity index (χ0) is 12.3. The summed E-state index contributed by atoms with van der Waals surface area (Å²) in [4.78, 5) is 23.2. The van der Waals surface area contributed by atoms with Crippen molar-refractivity contribution >= 4 is 22.5 Å². The fourth-order valence-electron chi connectivity index (χ4n) is 1.75. The topological polar surface area (TPSA) is 47.3 Å². The molecular formula is C14H14O3. The molecule has 1 aromatic heterocycles. The van der Waals surface area contributed by atoms with E-state index < -0.39 is 0 Å². The lowest BCUT2D eigenvalue weighted by atomic mass is 10.1. The van der Waals surface area contributed by atoms with Gasteiger partial charge in [-0.3, -0.25) is 9.59 Å². The molecule has 0 spiro atoms. The molecule has 0 unspecified atom stereocenters. The van der Waals surface area contributed by atoms with Gasteiger partial charge in [0.1, 0.15) is 11.4 Å². The van der Waals surface area contributed by atoms with Crippen molar-refractivity contribution in [3.05, 3.63) is 36.1 Å². The molecule has 3 nitrogen and oxygen atoms in total. The Bertz CT molecular complexity index is 518. The van der Waals surface area contributed by atoms with Crippen LogP contribution in [0.1, 0.15) is 36.7 Å². The molecule has 0 amide bonds. The van der Waals surface area contributed by atoms with Gasteiger partial charge in [-0.25, -0.2) is 0 Å². The quantitative estimate of drug-likeness (QED) is 0.584. The van der Waals surface area contributed by atoms with E-state index in [1.54, 1.807) is 12.1 Å². The van der Waals surface area contributed by atoms with E-state index in [2.05, 4.69) is 0 Å². The molecule has 0 fully saturated rings. The largest absolute Gasteiger partial charge is 0.453 e. The monoisotopic (exact) mass is 230 g/mol. The van der Waals surface area contributed by atoms with Gasteiger partial charge in [0.25, 0.3) is 0 Å². The Balaban J connectivity index is 2.16. The Morgan fingerprint density at radius 3 is 2.71 bits per heavy atom. The summed E-state index contributed by atoms with van der Waals surface area (Å²) in [5, 5.41) is 0.888. The standard InChI is InChI=1S/C14H14O3/c1-2-5-11(15)9-12(16)14-8-10-6-3-4-7-13(10)17-14/h3-4,6-8H,2,5,9H2,1H3. The highest BCUT2D eigenvalue weighted by atomic mass is 16.3. The molecule has 17 heavy (non-hydrogen) atoms. The van der Waals surface area contributed by atoms with Gasteiger partial charge in [0, 0.05) is 11.8 Å². The normalized spacial score (nSPS) is 10.6. The smallest absolute Gasteiger partial charge is 0.205 e. The van der Waals surface area contributed by atoms with Crippen LogP contribution >= 0.6 is 0 Å². The highest BCUT2D eigenvalue weighted by Crippen LogP contribution is 2.20. The van der Waals surface area contributed by atoms with Crippen molar-refractivity contribution in [2.75, 3.05) is 0 Å². The van der Waals surface area contributed by atoms with Gasteiger partial charge in [0.05, 0.1) is 6.42 Å². The van der Waals surface area contributed by atoms with Gasteiger partial charge < -0.3 is 4.42 Å². The third kappa shape index (κ3) is 2.61. The fourth-order valence-corrected chi connectivity index (χ4v) is 1.75. The first-order valence-electron chi connectivity index (χ1n) is 5.74. The Labute approximate surface area is 99.4 Å². The highest BCUT2D eigenvalue weighted by Gasteiger charge is 2.15. The molecular weight excluding hydrogens is 216 g/mol. The van der Waals surface area contributed by atoms with Crippen LogP contribution in [0.4, 0.5) is 0 Å². The van der Waals surface area contributed by atoms with Crippen LogP contribution in [-0.2, 0) is 4.79 Å². The summed E-state index contributed by atoms with van der Waals surface area (Å²) in [5.74, 6) is 0.00765. The lowest BCUT2D eigenvalue weighted by molar-refractivity contribution is -0.118. The number of fused-ring (bicyclic) bond motifs is 1. The average molecular weight is 230 g/mol. The van der Waals surface area contributed by atoms with Crippen LogP contribution in [-0.4, -0.2) is 11.6 Å². The molecule has 88 valence electrons. The lowest BCUT2D eigenvalue weighted by Crippen LogP contribution is -2.06. The predicted molar refractivity (Wildman–Crippen MR) is 65.1 cm³/mol. The molecule has 1 heterocycles. The molecule has 1 aromatic carbocycles. The molecule has 0 saturated heterocycles. The van der Waals surface area contributed by atoms with E-state index in [-0.39, 0.29) is 23.7 Å². The fraction of sp³-hybridized carbons (Fsp3) is 0.286. The summed E-state index contributed by atoms with van der Waals surface area (Å²) in [5.41, 5.74) is 0.679. The van der Waals surface area contributed by atoms with E-state index in [4.69, 9.17) is 4.42 Å². The molecule has 2 rings (SSSR count). The second-order valence-corrected chi connectivity index (χ2v) is 4.04. The number of carbonyl (C=O) groups excluding carboxylic acids is 2. The van der Waals surface area contributed by atoms with Crippen molar-refractivity contribution in [1.82, 2.24) is 0 Å². The minimum atomic E-state index is -0.236. The zero-order valence-corrected chi connectivity index (χ0v) is 9.73. The van der Waals surface area contributed by atoms with Crippen LogP contribution in [0.2, 0.25) is 0 Å². The molecule has 0 aliphatic heterocycles. The number of ketones is 2. The maximum Gasteiger partial charge on any atom is 0.205 e. The Kier molecular flexibility index (Phi) is 3.38. The van der Waals surface area contributed by atoms with Crippen LogP contribution < -0.4 is 0 Å². The van der Waals surface area contributed by atoms with E-state index >= 15 is 0 Å². The minimum Gasteiger partial charge on any atom is -0.453 e. The molecule has 2 aromatic rings. The average Bonchev–Trinajstić information content (AvgIpc) is 2.72. The van der Waals surface area contributed by atoms with Crippen LogP contribution in [0.3, 0.4) is 0 Å². The number of Topliss-reactive ketones (excluding diaryl/α,β-unsaturated/α-hetero) is 2. The first-order valence-corrected chi connectivity index (χ1v) is 5.74. The van der Waals surface area contributed by atoms with E-state index in [0.29, 0.717) is 12.0 Å². The first-order chi connectivity index (χ1) is 8.20. The van der Waals surface area contributed by atoms with Gasteiger partial charge in [-0.15, -0.1) is 0 Å². The Morgan fingerprint density at radius 2 is 2.00 bits per heavy atom. The van der Waals surface area contributed by atoms with Crippen molar-refractivity contribution in [3.8, 4) is 0 Å². The van der Waals surface area contributed by atoms with Crippen LogP contribution in [0.15, 0.2) is 34.7 Å². The lowest BCUT2D eigenvalue weighted by Gasteiger charge is -1.95. The van der Waals surface area contributed by atoms with E-state index in [1.807, 2.05) is 25.1 Å². The van der Waals surface area contributed by atoms with Crippen molar-refractivity contribution in [2.45, 2.75) is 26.2 Å². The van der Waals surface area contributed by atoms with Crippen molar-refractivity contribution in [1.29, 1.82) is 0 Å². The highest BCUT2D eigenvalue weighted by molar-refractivity contribution is 6.07. The van der Waals surface area contributed by atoms with E-state index in [1.165, 1.54) is 0 Å². The molecule has 0 aliphatic carbocycles. The summed E-state index contributed by atoms with van der Waals surface area (Å²) < 4.78 is 5.41. The summed E-state index contributed by atoms with van der Waals surface area (Å²) in [6.45, 7) is 1.92. The second-order valence-electron chi connectivity index (χ2n) is 4.04. The summed E-state index contributed by atoms with van der Waals surface area (Å²) >= 11 is 0. The maximum atomic E-state index is 11.8. The van der Waals surface area contributed by atoms with Gasteiger partial charge in [0.15, 0.2) is 5.76 Å². The molecule has 3 heteroatoms. The van der Waals surface area contributed by atoms with Crippen LogP contribution in [0.25, 0.3) is 11.0 Å². The molecule has 0 saturated carbocycles. The number of rotatable bonds is 5. The predicted octanol–water partition coefficient (Wildman–Crippen LogP) is 3.37. The number of hydrogen-bond donors (Lipinski definition) is 0. The number of carbonyl (C=O) groups is 2. The molecule has 0 aliphatic rings. The third-order valence-corrected chi connectivity index (χ3v) is 2.59. The summed E-state index contributed by atoms with van der Waals surface area (Å²) in [6, 6.07) is 9.11. The molecule has 0 radical (unpaired) electrons. The third-order valence-electron chi connectivity index (χ3n) is 2.59. The summed E-state index contributed by atoms with van der Waals surface area (Å²) in [6.07, 6.45) is 1.16. The summed E-state index contributed by atoms with van der Waals surface area (Å²) in [7, 11) is 0. The van der Waals surface area contributed by atoms with Gasteiger partial charge in [-0.05, 0) is 18.6 Å². The van der Waals surface area contributed by atoms with Gasteiger partial charge in [-0.2, -0.15) is 0 Å². The van der Waals surface area contributed by atoms with E-state index in [0.717, 1.165) is 11.8 Å². The Morgan fingerprint density at radius 1 is 1.24 bits per heavy atom. The number of para-hydroxylation sites is 1.